The van der Waals surface area contributed by atoms with Gasteiger partial charge < -0.3 is 0 Å². The second kappa shape index (κ2) is 3.96. The lowest BCUT2D eigenvalue weighted by atomic mass is 10.2. The minimum absolute atomic E-state index is 0.198. The molecule has 1 aliphatic rings. The maximum absolute atomic E-state index is 12.0. The Morgan fingerprint density at radius 3 is 2.35 bits per heavy atom. The molecule has 0 amide bonds. The van der Waals surface area contributed by atoms with Gasteiger partial charge in [-0.1, -0.05) is 30.7 Å². The first-order valence-electron chi connectivity index (χ1n) is 5.55. The van der Waals surface area contributed by atoms with Gasteiger partial charge in [-0.3, -0.25) is 4.18 Å². The fourth-order valence-electron chi connectivity index (χ4n) is 1.81. The van der Waals surface area contributed by atoms with E-state index in [4.69, 9.17) is 4.18 Å². The highest BCUT2D eigenvalue weighted by Crippen LogP contribution is 2.49. The van der Waals surface area contributed by atoms with E-state index in [2.05, 4.69) is 6.58 Å². The van der Waals surface area contributed by atoms with Gasteiger partial charge in [0.2, 0.25) is 0 Å². The van der Waals surface area contributed by atoms with Crippen LogP contribution in [0.5, 0.6) is 0 Å². The van der Waals surface area contributed by atoms with Gasteiger partial charge in [0, 0.05) is 0 Å². The molecule has 4 heteroatoms. The minimum atomic E-state index is -3.69. The third-order valence-electron chi connectivity index (χ3n) is 3.22. The molecule has 1 aromatic carbocycles. The van der Waals surface area contributed by atoms with Crippen molar-refractivity contribution in [3.63, 3.8) is 0 Å². The van der Waals surface area contributed by atoms with Crippen LogP contribution < -0.4 is 0 Å². The highest BCUT2D eigenvalue weighted by atomic mass is 32.2. The summed E-state index contributed by atoms with van der Waals surface area (Å²) in [6.45, 7) is 7.51. The molecular formula is C13H16O3S. The third kappa shape index (κ3) is 2.28. The van der Waals surface area contributed by atoms with E-state index < -0.39 is 15.7 Å². The molecule has 0 saturated heterocycles. The lowest BCUT2D eigenvalue weighted by Gasteiger charge is -2.13. The molecule has 0 radical (unpaired) electrons. The summed E-state index contributed by atoms with van der Waals surface area (Å²) in [6, 6.07) is 6.64. The van der Waals surface area contributed by atoms with Gasteiger partial charge in [-0.05, 0) is 31.4 Å². The van der Waals surface area contributed by atoms with E-state index in [1.54, 1.807) is 30.3 Å². The van der Waals surface area contributed by atoms with Crippen LogP contribution in [0.2, 0.25) is 0 Å². The Morgan fingerprint density at radius 1 is 1.41 bits per heavy atom. The van der Waals surface area contributed by atoms with Gasteiger partial charge in [0.05, 0.1) is 4.90 Å². The first kappa shape index (κ1) is 12.3. The van der Waals surface area contributed by atoms with Crippen molar-refractivity contribution >= 4 is 10.1 Å². The Hall–Kier alpha value is -1.13. The van der Waals surface area contributed by atoms with Gasteiger partial charge in [0.25, 0.3) is 10.1 Å². The Balaban J connectivity index is 2.26. The van der Waals surface area contributed by atoms with E-state index in [1.807, 2.05) is 13.8 Å². The number of aryl methyl sites for hydroxylation is 1. The van der Waals surface area contributed by atoms with Crippen LogP contribution in [0.25, 0.3) is 0 Å². The predicted molar refractivity (Wildman–Crippen MR) is 66.2 cm³/mol. The van der Waals surface area contributed by atoms with E-state index in [0.717, 1.165) is 5.56 Å². The standard InChI is InChI=1S/C13H16O3S/c1-4-13(9-11(13)3)16-17(14,15)12-7-5-10(2)6-8-12/h4-8,11H,1,9H2,2-3H3/t11-,13-/m0/s1. The molecule has 3 nitrogen and oxygen atoms in total. The van der Waals surface area contributed by atoms with Crippen molar-refractivity contribution in [1.29, 1.82) is 0 Å². The molecule has 2 rings (SSSR count). The third-order valence-corrected chi connectivity index (χ3v) is 4.60. The van der Waals surface area contributed by atoms with E-state index in [9.17, 15) is 8.42 Å². The number of hydrogen-bond acceptors (Lipinski definition) is 3. The largest absolute Gasteiger partial charge is 0.297 e. The zero-order valence-corrected chi connectivity index (χ0v) is 10.8. The molecule has 1 aliphatic carbocycles. The molecule has 0 aliphatic heterocycles. The molecule has 0 aromatic heterocycles. The van der Waals surface area contributed by atoms with E-state index in [0.29, 0.717) is 6.42 Å². The summed E-state index contributed by atoms with van der Waals surface area (Å²) in [5.74, 6) is 0.209. The average Bonchev–Trinajstić information content (AvgIpc) is 2.89. The van der Waals surface area contributed by atoms with Crippen LogP contribution in [0.15, 0.2) is 41.8 Å². The van der Waals surface area contributed by atoms with Crippen molar-refractivity contribution in [3.05, 3.63) is 42.5 Å². The Morgan fingerprint density at radius 2 is 1.94 bits per heavy atom. The molecule has 17 heavy (non-hydrogen) atoms. The zero-order valence-electron chi connectivity index (χ0n) is 10.0. The van der Waals surface area contributed by atoms with E-state index in [1.165, 1.54) is 0 Å². The topological polar surface area (TPSA) is 43.4 Å². The summed E-state index contributed by atoms with van der Waals surface area (Å²) in [6.07, 6.45) is 2.30. The average molecular weight is 252 g/mol. The van der Waals surface area contributed by atoms with E-state index in [-0.39, 0.29) is 10.8 Å². The lowest BCUT2D eigenvalue weighted by molar-refractivity contribution is 0.221. The summed E-state index contributed by atoms with van der Waals surface area (Å²) in [5.41, 5.74) is 0.325. The summed E-state index contributed by atoms with van der Waals surface area (Å²) in [4.78, 5) is 0.198. The Bertz CT molecular complexity index is 530. The van der Waals surface area contributed by atoms with Crippen molar-refractivity contribution in [2.24, 2.45) is 5.92 Å². The van der Waals surface area contributed by atoms with Crippen LogP contribution in [0, 0.1) is 12.8 Å². The molecule has 0 unspecified atom stereocenters. The number of rotatable bonds is 4. The Labute approximate surface area is 102 Å². The molecular weight excluding hydrogens is 236 g/mol. The number of benzene rings is 1. The smallest absolute Gasteiger partial charge is 0.255 e. The SMILES string of the molecule is C=C[C@]1(OS(=O)(=O)c2ccc(C)cc2)C[C@@H]1C. The first-order chi connectivity index (χ1) is 7.89. The van der Waals surface area contributed by atoms with Crippen LogP contribution in [-0.4, -0.2) is 14.0 Å². The summed E-state index contributed by atoms with van der Waals surface area (Å²) in [7, 11) is -3.69. The van der Waals surface area contributed by atoms with Crippen LogP contribution in [0.1, 0.15) is 18.9 Å². The van der Waals surface area contributed by atoms with Gasteiger partial charge in [-0.2, -0.15) is 8.42 Å². The molecule has 0 spiro atoms. The lowest BCUT2D eigenvalue weighted by Crippen LogP contribution is -2.19. The molecule has 0 heterocycles. The maximum atomic E-state index is 12.0. The quantitative estimate of drug-likeness (QED) is 0.611. The molecule has 0 N–H and O–H groups in total. The van der Waals surface area contributed by atoms with E-state index >= 15 is 0 Å². The summed E-state index contributed by atoms with van der Waals surface area (Å²) in [5, 5.41) is 0. The van der Waals surface area contributed by atoms with Crippen molar-refractivity contribution in [2.45, 2.75) is 30.8 Å². The second-order valence-corrected chi connectivity index (χ2v) is 6.16. The zero-order chi connectivity index (χ0) is 12.7. The van der Waals surface area contributed by atoms with Crippen LogP contribution in [0.4, 0.5) is 0 Å². The molecule has 1 aromatic rings. The monoisotopic (exact) mass is 252 g/mol. The highest BCUT2D eigenvalue weighted by Gasteiger charge is 2.53. The summed E-state index contributed by atoms with van der Waals surface area (Å²) < 4.78 is 29.3. The maximum Gasteiger partial charge on any atom is 0.297 e. The second-order valence-electron chi connectivity index (χ2n) is 4.61. The van der Waals surface area contributed by atoms with Gasteiger partial charge in [-0.15, -0.1) is 6.58 Å². The van der Waals surface area contributed by atoms with Gasteiger partial charge in [-0.25, -0.2) is 0 Å². The fourth-order valence-corrected chi connectivity index (χ4v) is 3.09. The highest BCUT2D eigenvalue weighted by molar-refractivity contribution is 7.86. The first-order valence-corrected chi connectivity index (χ1v) is 6.96. The normalized spacial score (nSPS) is 27.8. The minimum Gasteiger partial charge on any atom is -0.255 e. The van der Waals surface area contributed by atoms with Crippen LogP contribution in [0.3, 0.4) is 0 Å². The fraction of sp³-hybridized carbons (Fsp3) is 0.385. The van der Waals surface area contributed by atoms with Gasteiger partial charge in [0.15, 0.2) is 0 Å². The van der Waals surface area contributed by atoms with Crippen LogP contribution in [-0.2, 0) is 14.3 Å². The molecule has 1 saturated carbocycles. The Kier molecular flexibility index (Phi) is 2.87. The summed E-state index contributed by atoms with van der Waals surface area (Å²) >= 11 is 0. The van der Waals surface area contributed by atoms with Crippen LogP contribution >= 0.6 is 0 Å². The van der Waals surface area contributed by atoms with Crippen molar-refractivity contribution in [1.82, 2.24) is 0 Å². The molecule has 1 fully saturated rings. The van der Waals surface area contributed by atoms with Crippen molar-refractivity contribution in [2.75, 3.05) is 0 Å². The van der Waals surface area contributed by atoms with Gasteiger partial charge >= 0.3 is 0 Å². The van der Waals surface area contributed by atoms with Crippen molar-refractivity contribution < 1.29 is 12.6 Å². The number of hydrogen-bond donors (Lipinski definition) is 0. The molecule has 0 bridgehead atoms. The molecule has 92 valence electrons. The predicted octanol–water partition coefficient (Wildman–Crippen LogP) is 2.66. The van der Waals surface area contributed by atoms with Crippen molar-refractivity contribution in [3.8, 4) is 0 Å². The molecule has 2 atom stereocenters. The van der Waals surface area contributed by atoms with Gasteiger partial charge in [0.1, 0.15) is 5.60 Å².